The van der Waals surface area contributed by atoms with E-state index in [4.69, 9.17) is 10.00 Å². The normalized spacial score (nSPS) is 11.2. The van der Waals surface area contributed by atoms with E-state index >= 15 is 0 Å². The molecule has 1 aromatic rings. The smallest absolute Gasteiger partial charge is 0.307 e. The quantitative estimate of drug-likeness (QED) is 0.738. The van der Waals surface area contributed by atoms with Crippen LogP contribution < -0.4 is 0 Å². The fraction of sp³-hybridized carbons (Fsp3) is 0.385. The van der Waals surface area contributed by atoms with Gasteiger partial charge in [-0.1, -0.05) is 6.07 Å². The van der Waals surface area contributed by atoms with Gasteiger partial charge >= 0.3 is 5.97 Å². The second-order valence-electron chi connectivity index (χ2n) is 4.11. The summed E-state index contributed by atoms with van der Waals surface area (Å²) in [6.07, 6.45) is -0.124. The Morgan fingerprint density at radius 3 is 2.71 bits per heavy atom. The van der Waals surface area contributed by atoms with Crippen LogP contribution in [0, 0.1) is 17.1 Å². The minimum absolute atomic E-state index is 0.122. The molecule has 0 N–H and O–H groups in total. The van der Waals surface area contributed by atoms with Crippen LogP contribution in [0.15, 0.2) is 23.1 Å². The number of nitriles is 1. The lowest BCUT2D eigenvalue weighted by atomic mass is 10.2. The molecule has 0 fully saturated rings. The summed E-state index contributed by atoms with van der Waals surface area (Å²) in [4.78, 5) is 10.8. The van der Waals surface area contributed by atoms with E-state index in [0.717, 1.165) is 16.4 Å². The number of esters is 1. The molecule has 0 saturated heterocycles. The maximum atomic E-state index is 13.5. The van der Waals surface area contributed by atoms with Crippen molar-refractivity contribution in [3.63, 3.8) is 0 Å². The number of halogens is 1. The molecule has 0 radical (unpaired) electrons. The summed E-state index contributed by atoms with van der Waals surface area (Å²) in [6, 6.07) is 4.91. The van der Waals surface area contributed by atoms with Gasteiger partial charge in [-0.05, 0) is 19.1 Å². The van der Waals surface area contributed by atoms with Crippen molar-refractivity contribution in [2.75, 3.05) is 20.2 Å². The minimum atomic E-state index is -4.05. The van der Waals surface area contributed by atoms with Gasteiger partial charge in [-0.3, -0.25) is 4.79 Å². The molecule has 0 aromatic heterocycles. The third-order valence-corrected chi connectivity index (χ3v) is 4.61. The summed E-state index contributed by atoms with van der Waals surface area (Å²) in [6.45, 7) is 1.73. The Morgan fingerprint density at radius 2 is 2.14 bits per heavy atom. The number of hydrogen-bond acceptors (Lipinski definition) is 5. The van der Waals surface area contributed by atoms with Crippen molar-refractivity contribution in [3.05, 3.63) is 29.6 Å². The van der Waals surface area contributed by atoms with Crippen molar-refractivity contribution in [1.82, 2.24) is 4.31 Å². The first-order valence-corrected chi connectivity index (χ1v) is 7.59. The Balaban J connectivity index is 2.99. The highest BCUT2D eigenvalue weighted by Crippen LogP contribution is 2.21. The lowest BCUT2D eigenvalue weighted by Gasteiger charge is -2.17. The highest BCUT2D eigenvalue weighted by molar-refractivity contribution is 7.89. The summed E-state index contributed by atoms with van der Waals surface area (Å²) in [5.74, 6) is -1.43. The Labute approximate surface area is 122 Å². The van der Waals surface area contributed by atoms with E-state index in [1.54, 1.807) is 6.92 Å². The van der Waals surface area contributed by atoms with Gasteiger partial charge in [0.25, 0.3) is 0 Å². The molecule has 114 valence electrons. The van der Waals surface area contributed by atoms with Crippen molar-refractivity contribution in [2.24, 2.45) is 0 Å². The van der Waals surface area contributed by atoms with Crippen molar-refractivity contribution in [3.8, 4) is 6.07 Å². The van der Waals surface area contributed by atoms with Gasteiger partial charge in [-0.15, -0.1) is 0 Å². The van der Waals surface area contributed by atoms with Gasteiger partial charge in [0.1, 0.15) is 22.3 Å². The maximum Gasteiger partial charge on any atom is 0.307 e. The predicted octanol–water partition coefficient (Wildman–Crippen LogP) is 1.27. The van der Waals surface area contributed by atoms with Crippen LogP contribution in [-0.2, 0) is 19.6 Å². The zero-order valence-corrected chi connectivity index (χ0v) is 12.5. The fourth-order valence-electron chi connectivity index (χ4n) is 1.60. The van der Waals surface area contributed by atoms with Crippen LogP contribution in [0.2, 0.25) is 0 Å². The molecule has 0 saturated carbocycles. The molecule has 21 heavy (non-hydrogen) atoms. The fourth-order valence-corrected chi connectivity index (χ4v) is 2.92. The number of ether oxygens (including phenoxy) is 1. The Kier molecular flexibility index (Phi) is 5.81. The highest BCUT2D eigenvalue weighted by atomic mass is 32.2. The third kappa shape index (κ3) is 4.00. The van der Waals surface area contributed by atoms with E-state index < -0.39 is 32.3 Å². The van der Waals surface area contributed by atoms with Crippen molar-refractivity contribution in [2.45, 2.75) is 18.2 Å². The van der Waals surface area contributed by atoms with Crippen LogP contribution in [0.3, 0.4) is 0 Å². The van der Waals surface area contributed by atoms with Crippen molar-refractivity contribution in [1.29, 1.82) is 5.26 Å². The van der Waals surface area contributed by atoms with E-state index in [0.29, 0.717) is 0 Å². The molecule has 0 amide bonds. The highest BCUT2D eigenvalue weighted by Gasteiger charge is 2.26. The third-order valence-electron chi connectivity index (χ3n) is 2.71. The molecular formula is C13H15FN2O4S. The van der Waals surface area contributed by atoms with Crippen LogP contribution in [-0.4, -0.2) is 38.9 Å². The minimum Gasteiger partial charge on any atom is -0.466 e. The van der Waals surface area contributed by atoms with Crippen molar-refractivity contribution >= 4 is 16.0 Å². The Hall–Kier alpha value is -1.98. The zero-order chi connectivity index (χ0) is 16.0. The Bertz CT molecular complexity index is 667. The second-order valence-corrected chi connectivity index (χ2v) is 6.12. The molecule has 0 bridgehead atoms. The summed E-state index contributed by atoms with van der Waals surface area (Å²) >= 11 is 0. The van der Waals surface area contributed by atoms with Gasteiger partial charge < -0.3 is 4.74 Å². The molecule has 8 heteroatoms. The molecule has 0 spiro atoms. The van der Waals surface area contributed by atoms with E-state index in [1.807, 2.05) is 0 Å². The van der Waals surface area contributed by atoms with Gasteiger partial charge in [0.05, 0.1) is 13.0 Å². The molecule has 0 aliphatic heterocycles. The summed E-state index contributed by atoms with van der Waals surface area (Å²) < 4.78 is 43.7. The lowest BCUT2D eigenvalue weighted by molar-refractivity contribution is -0.143. The number of rotatable bonds is 6. The van der Waals surface area contributed by atoms with Gasteiger partial charge in [-0.2, -0.15) is 5.26 Å². The standard InChI is InChI=1S/C13H15FN2O4S/c1-3-20-13(17)7-8-16(2)21(18,19)12-6-4-5-11(14)10(12)9-15/h4-6H,3,7-8H2,1-2H3. The van der Waals surface area contributed by atoms with E-state index in [-0.39, 0.29) is 19.6 Å². The summed E-state index contributed by atoms with van der Waals surface area (Å²) in [5.41, 5.74) is -0.541. The van der Waals surface area contributed by atoms with Crippen LogP contribution in [0.5, 0.6) is 0 Å². The monoisotopic (exact) mass is 314 g/mol. The van der Waals surface area contributed by atoms with Crippen molar-refractivity contribution < 1.29 is 22.3 Å². The summed E-state index contributed by atoms with van der Waals surface area (Å²) in [7, 11) is -2.80. The van der Waals surface area contributed by atoms with Gasteiger partial charge in [0.15, 0.2) is 0 Å². The number of benzene rings is 1. The molecule has 1 aromatic carbocycles. The topological polar surface area (TPSA) is 87.5 Å². The SMILES string of the molecule is CCOC(=O)CCN(C)S(=O)(=O)c1cccc(F)c1C#N. The first-order valence-electron chi connectivity index (χ1n) is 6.15. The Morgan fingerprint density at radius 1 is 1.48 bits per heavy atom. The largest absolute Gasteiger partial charge is 0.466 e. The average molecular weight is 314 g/mol. The van der Waals surface area contributed by atoms with Crippen LogP contribution >= 0.6 is 0 Å². The number of sulfonamides is 1. The van der Waals surface area contributed by atoms with E-state index in [1.165, 1.54) is 19.2 Å². The first kappa shape index (κ1) is 17.1. The van der Waals surface area contributed by atoms with Gasteiger partial charge in [0.2, 0.25) is 10.0 Å². The number of carbonyl (C=O) groups is 1. The van der Waals surface area contributed by atoms with Crippen LogP contribution in [0.25, 0.3) is 0 Å². The number of hydrogen-bond donors (Lipinski definition) is 0. The van der Waals surface area contributed by atoms with E-state index in [9.17, 15) is 17.6 Å². The molecule has 0 atom stereocenters. The lowest BCUT2D eigenvalue weighted by Crippen LogP contribution is -2.30. The molecule has 1 rings (SSSR count). The van der Waals surface area contributed by atoms with Gasteiger partial charge in [-0.25, -0.2) is 17.1 Å². The molecule has 0 aliphatic carbocycles. The second kappa shape index (κ2) is 7.15. The average Bonchev–Trinajstić information content (AvgIpc) is 2.44. The first-order chi connectivity index (χ1) is 9.84. The number of carbonyl (C=O) groups excluding carboxylic acids is 1. The maximum absolute atomic E-state index is 13.5. The number of nitrogens with zero attached hydrogens (tertiary/aromatic N) is 2. The molecule has 0 unspecified atom stereocenters. The molecular weight excluding hydrogens is 299 g/mol. The van der Waals surface area contributed by atoms with Crippen LogP contribution in [0.4, 0.5) is 4.39 Å². The van der Waals surface area contributed by atoms with Gasteiger partial charge in [0, 0.05) is 13.6 Å². The molecule has 0 heterocycles. The summed E-state index contributed by atoms with van der Waals surface area (Å²) in [5, 5.41) is 8.89. The van der Waals surface area contributed by atoms with E-state index in [2.05, 4.69) is 0 Å². The molecule has 6 nitrogen and oxygen atoms in total. The predicted molar refractivity (Wildman–Crippen MR) is 72.2 cm³/mol. The zero-order valence-electron chi connectivity index (χ0n) is 11.7. The van der Waals surface area contributed by atoms with Crippen LogP contribution in [0.1, 0.15) is 18.9 Å². The molecule has 0 aliphatic rings.